The molecule has 5 aliphatic carbocycles. The molecule has 0 spiro atoms. The zero-order chi connectivity index (χ0) is 25.3. The third-order valence-electron chi connectivity index (χ3n) is 14.0. The minimum atomic E-state index is -0.726. The number of fused-ring (bicyclic) bond motifs is 7. The second kappa shape index (κ2) is 7.23. The van der Waals surface area contributed by atoms with E-state index in [9.17, 15) is 20.4 Å². The molecular weight excluding hydrogens is 424 g/mol. The number of aliphatic hydroxyl groups excluding tert-OH is 3. The molecule has 5 saturated carbocycles. The SMILES string of the molecule is CC(C)(O)[C@H]1CC[C@]2(C)[C@H]3CC[C@@H]4[C@@]5(C)CC[C@H](O)C(C)(C)[C@@H]5C[C@H](O)[C@@]4(C)[C@]3(C)[C@@H](O)C[C@@H]12. The Kier molecular flexibility index (Phi) is 5.42. The van der Waals surface area contributed by atoms with Crippen LogP contribution in [0.2, 0.25) is 0 Å². The first-order valence-electron chi connectivity index (χ1n) is 14.2. The van der Waals surface area contributed by atoms with Crippen LogP contribution in [0.1, 0.15) is 107 Å². The summed E-state index contributed by atoms with van der Waals surface area (Å²) in [5.74, 6) is 1.52. The fraction of sp³-hybridized carbons (Fsp3) is 1.00. The molecule has 196 valence electrons. The van der Waals surface area contributed by atoms with E-state index in [2.05, 4.69) is 41.5 Å². The lowest BCUT2D eigenvalue weighted by atomic mass is 9.30. The average molecular weight is 477 g/mol. The highest BCUT2D eigenvalue weighted by Gasteiger charge is 2.75. The smallest absolute Gasteiger partial charge is 0.0622 e. The van der Waals surface area contributed by atoms with Gasteiger partial charge in [0, 0.05) is 10.8 Å². The van der Waals surface area contributed by atoms with Gasteiger partial charge in [0.1, 0.15) is 0 Å². The Bertz CT molecular complexity index is 832. The third kappa shape index (κ3) is 2.81. The summed E-state index contributed by atoms with van der Waals surface area (Å²) in [5.41, 5.74) is -1.50. The minimum Gasteiger partial charge on any atom is -0.393 e. The molecule has 34 heavy (non-hydrogen) atoms. The number of rotatable bonds is 1. The van der Waals surface area contributed by atoms with E-state index < -0.39 is 17.8 Å². The van der Waals surface area contributed by atoms with Gasteiger partial charge < -0.3 is 20.4 Å². The fourth-order valence-electron chi connectivity index (χ4n) is 11.9. The van der Waals surface area contributed by atoms with Gasteiger partial charge in [0.05, 0.1) is 23.9 Å². The predicted molar refractivity (Wildman–Crippen MR) is 135 cm³/mol. The number of hydrogen-bond acceptors (Lipinski definition) is 4. The van der Waals surface area contributed by atoms with Gasteiger partial charge in [-0.3, -0.25) is 0 Å². The fourth-order valence-corrected chi connectivity index (χ4v) is 11.9. The van der Waals surface area contributed by atoms with Crippen molar-refractivity contribution in [1.82, 2.24) is 0 Å². The Morgan fingerprint density at radius 2 is 1.12 bits per heavy atom. The van der Waals surface area contributed by atoms with Crippen LogP contribution in [0.15, 0.2) is 0 Å². The van der Waals surface area contributed by atoms with Crippen LogP contribution >= 0.6 is 0 Å². The molecule has 5 aliphatic rings. The van der Waals surface area contributed by atoms with Crippen molar-refractivity contribution in [3.8, 4) is 0 Å². The molecule has 0 saturated heterocycles. The predicted octanol–water partition coefficient (Wildman–Crippen LogP) is 5.16. The van der Waals surface area contributed by atoms with Gasteiger partial charge in [0.15, 0.2) is 0 Å². The molecule has 4 nitrogen and oxygen atoms in total. The normalized spacial score (nSPS) is 58.9. The summed E-state index contributed by atoms with van der Waals surface area (Å²) >= 11 is 0. The summed E-state index contributed by atoms with van der Waals surface area (Å²) in [6.45, 7) is 17.9. The van der Waals surface area contributed by atoms with E-state index in [1.165, 1.54) is 0 Å². The number of hydrogen-bond donors (Lipinski definition) is 4. The molecule has 12 atom stereocenters. The summed E-state index contributed by atoms with van der Waals surface area (Å²) in [4.78, 5) is 0. The van der Waals surface area contributed by atoms with Gasteiger partial charge in [0.2, 0.25) is 0 Å². The van der Waals surface area contributed by atoms with E-state index in [-0.39, 0.29) is 45.0 Å². The molecule has 4 N–H and O–H groups in total. The van der Waals surface area contributed by atoms with Crippen molar-refractivity contribution in [2.75, 3.05) is 0 Å². The van der Waals surface area contributed by atoms with Crippen LogP contribution in [0.4, 0.5) is 0 Å². The quantitative estimate of drug-likeness (QED) is 0.421. The average Bonchev–Trinajstić information content (AvgIpc) is 3.07. The van der Waals surface area contributed by atoms with Crippen molar-refractivity contribution in [3.05, 3.63) is 0 Å². The maximum Gasteiger partial charge on any atom is 0.0622 e. The van der Waals surface area contributed by atoms with Gasteiger partial charge in [-0.05, 0) is 111 Å². The van der Waals surface area contributed by atoms with Gasteiger partial charge in [-0.25, -0.2) is 0 Å². The van der Waals surface area contributed by atoms with Crippen molar-refractivity contribution >= 4 is 0 Å². The van der Waals surface area contributed by atoms with Crippen LogP contribution in [0, 0.1) is 56.7 Å². The van der Waals surface area contributed by atoms with Crippen molar-refractivity contribution < 1.29 is 20.4 Å². The second-order valence-corrected chi connectivity index (χ2v) is 15.6. The van der Waals surface area contributed by atoms with Crippen LogP contribution in [-0.4, -0.2) is 44.3 Å². The molecule has 5 rings (SSSR count). The Hall–Kier alpha value is -0.160. The van der Waals surface area contributed by atoms with Gasteiger partial charge in [0.25, 0.3) is 0 Å². The minimum absolute atomic E-state index is 0.0630. The molecule has 0 unspecified atom stereocenters. The summed E-state index contributed by atoms with van der Waals surface area (Å²) in [5, 5.41) is 45.9. The molecule has 0 aromatic rings. The van der Waals surface area contributed by atoms with Crippen LogP contribution in [-0.2, 0) is 0 Å². The van der Waals surface area contributed by atoms with E-state index in [0.29, 0.717) is 17.8 Å². The second-order valence-electron chi connectivity index (χ2n) is 15.6. The van der Waals surface area contributed by atoms with Crippen molar-refractivity contribution in [1.29, 1.82) is 0 Å². The first-order valence-corrected chi connectivity index (χ1v) is 14.2. The Morgan fingerprint density at radius 1 is 0.618 bits per heavy atom. The van der Waals surface area contributed by atoms with Crippen LogP contribution in [0.25, 0.3) is 0 Å². The van der Waals surface area contributed by atoms with Gasteiger partial charge in [-0.15, -0.1) is 0 Å². The highest BCUT2D eigenvalue weighted by Crippen LogP contribution is 2.78. The topological polar surface area (TPSA) is 80.9 Å². The van der Waals surface area contributed by atoms with E-state index >= 15 is 0 Å². The van der Waals surface area contributed by atoms with Gasteiger partial charge >= 0.3 is 0 Å². The Balaban J connectivity index is 1.59. The monoisotopic (exact) mass is 476 g/mol. The molecule has 0 amide bonds. The van der Waals surface area contributed by atoms with E-state index in [1.54, 1.807) is 0 Å². The van der Waals surface area contributed by atoms with Gasteiger partial charge in [-0.1, -0.05) is 41.5 Å². The summed E-state index contributed by atoms with van der Waals surface area (Å²) in [7, 11) is 0. The van der Waals surface area contributed by atoms with E-state index in [0.717, 1.165) is 51.4 Å². The highest BCUT2D eigenvalue weighted by molar-refractivity contribution is 5.23. The lowest BCUT2D eigenvalue weighted by Crippen LogP contribution is -2.73. The molecular formula is C30H52O4. The highest BCUT2D eigenvalue weighted by atomic mass is 16.3. The standard InChI is InChI=1S/C30H52O4/c1-25(2)21-16-24(33)30(8)20(28(21,6)14-12-22(25)31)10-9-19-27(5)13-11-17(26(3,4)34)18(27)15-23(32)29(19,30)7/h17-24,31-34H,9-16H2,1-8H3/t17-,18-,19+,20+,21-,22-,23-,24-,27-,28+,29-,30-/m0/s1. The Morgan fingerprint density at radius 3 is 1.68 bits per heavy atom. The third-order valence-corrected chi connectivity index (χ3v) is 14.0. The Labute approximate surface area is 207 Å². The molecule has 5 fully saturated rings. The lowest BCUT2D eigenvalue weighted by Gasteiger charge is -2.75. The molecule has 0 heterocycles. The first-order chi connectivity index (χ1) is 15.5. The zero-order valence-corrected chi connectivity index (χ0v) is 23.1. The lowest BCUT2D eigenvalue weighted by molar-refractivity contribution is -0.310. The van der Waals surface area contributed by atoms with Crippen LogP contribution in [0.3, 0.4) is 0 Å². The van der Waals surface area contributed by atoms with Crippen molar-refractivity contribution in [2.24, 2.45) is 56.7 Å². The molecule has 0 radical (unpaired) electrons. The molecule has 0 aromatic carbocycles. The number of aliphatic hydroxyl groups is 4. The summed E-state index contributed by atoms with van der Waals surface area (Å²) in [6, 6.07) is 0. The summed E-state index contributed by atoms with van der Waals surface area (Å²) in [6.07, 6.45) is 6.35. The molecule has 0 aliphatic heterocycles. The first kappa shape index (κ1) is 25.5. The largest absolute Gasteiger partial charge is 0.393 e. The van der Waals surface area contributed by atoms with E-state index in [4.69, 9.17) is 0 Å². The molecule has 4 heteroatoms. The molecule has 0 bridgehead atoms. The zero-order valence-electron chi connectivity index (χ0n) is 23.1. The van der Waals surface area contributed by atoms with E-state index in [1.807, 2.05) is 13.8 Å². The summed E-state index contributed by atoms with van der Waals surface area (Å²) < 4.78 is 0. The maximum absolute atomic E-state index is 12.0. The van der Waals surface area contributed by atoms with Crippen molar-refractivity contribution in [2.45, 2.75) is 131 Å². The maximum atomic E-state index is 12.0. The van der Waals surface area contributed by atoms with Crippen molar-refractivity contribution in [3.63, 3.8) is 0 Å². The van der Waals surface area contributed by atoms with Crippen LogP contribution < -0.4 is 0 Å². The van der Waals surface area contributed by atoms with Gasteiger partial charge in [-0.2, -0.15) is 0 Å². The van der Waals surface area contributed by atoms with Crippen LogP contribution in [0.5, 0.6) is 0 Å². The molecule has 0 aromatic heterocycles.